The number of rotatable bonds is 2. The van der Waals surface area contributed by atoms with Crippen LogP contribution in [0.1, 0.15) is 40.6 Å². The monoisotopic (exact) mass is 337 g/mol. The lowest BCUT2D eigenvalue weighted by molar-refractivity contribution is 0.0704. The van der Waals surface area contributed by atoms with Crippen molar-refractivity contribution < 1.29 is 4.79 Å². The Kier molecular flexibility index (Phi) is 3.83. The van der Waals surface area contributed by atoms with E-state index in [1.54, 1.807) is 12.3 Å². The molecule has 2 N–H and O–H groups in total. The van der Waals surface area contributed by atoms with E-state index < -0.39 is 0 Å². The summed E-state index contributed by atoms with van der Waals surface area (Å²) < 4.78 is 0. The molecule has 1 saturated heterocycles. The maximum absolute atomic E-state index is 12.7. The van der Waals surface area contributed by atoms with Crippen LogP contribution in [-0.4, -0.2) is 44.1 Å². The smallest absolute Gasteiger partial charge is 0.258 e. The third kappa shape index (κ3) is 2.82. The first kappa shape index (κ1) is 15.6. The molecule has 25 heavy (non-hydrogen) atoms. The summed E-state index contributed by atoms with van der Waals surface area (Å²) in [6, 6.07) is 7.31. The highest BCUT2D eigenvalue weighted by Crippen LogP contribution is 2.26. The topological polar surface area (TPSA) is 94.7 Å². The number of benzene rings is 1. The Morgan fingerprint density at radius 2 is 2.16 bits per heavy atom. The van der Waals surface area contributed by atoms with E-state index >= 15 is 0 Å². The van der Waals surface area contributed by atoms with Gasteiger partial charge in [0.1, 0.15) is 5.82 Å². The van der Waals surface area contributed by atoms with Crippen molar-refractivity contribution in [2.75, 3.05) is 13.1 Å². The van der Waals surface area contributed by atoms with Crippen molar-refractivity contribution in [1.29, 1.82) is 0 Å². The lowest BCUT2D eigenvalue weighted by Gasteiger charge is -2.32. The van der Waals surface area contributed by atoms with Gasteiger partial charge in [0.05, 0.1) is 22.7 Å². The molecule has 7 heteroatoms. The average molecular weight is 337 g/mol. The van der Waals surface area contributed by atoms with Gasteiger partial charge in [-0.1, -0.05) is 12.1 Å². The number of nitrogens with zero attached hydrogens (tertiary/aromatic N) is 3. The Morgan fingerprint density at radius 1 is 1.32 bits per heavy atom. The first-order valence-electron chi connectivity index (χ1n) is 8.41. The van der Waals surface area contributed by atoms with E-state index in [9.17, 15) is 9.59 Å². The molecule has 1 aromatic carbocycles. The lowest BCUT2D eigenvalue weighted by atomic mass is 9.96. The fourth-order valence-corrected chi connectivity index (χ4v) is 3.42. The summed E-state index contributed by atoms with van der Waals surface area (Å²) in [6.45, 7) is 3.09. The van der Waals surface area contributed by atoms with Crippen LogP contribution in [0.4, 0.5) is 0 Å². The number of aromatic nitrogens is 4. The molecular weight excluding hydrogens is 318 g/mol. The van der Waals surface area contributed by atoms with Gasteiger partial charge in [0, 0.05) is 24.7 Å². The molecule has 0 saturated carbocycles. The largest absolute Gasteiger partial charge is 0.338 e. The molecule has 1 fully saturated rings. The Morgan fingerprint density at radius 3 is 2.96 bits per heavy atom. The van der Waals surface area contributed by atoms with Crippen LogP contribution in [0.25, 0.3) is 10.9 Å². The Hall–Kier alpha value is -2.96. The van der Waals surface area contributed by atoms with E-state index in [4.69, 9.17) is 0 Å². The van der Waals surface area contributed by atoms with Gasteiger partial charge in [-0.05, 0) is 31.9 Å². The van der Waals surface area contributed by atoms with Gasteiger partial charge in [-0.2, -0.15) is 5.10 Å². The summed E-state index contributed by atoms with van der Waals surface area (Å²) in [5.41, 5.74) is 1.93. The van der Waals surface area contributed by atoms with Gasteiger partial charge in [-0.3, -0.25) is 14.7 Å². The Labute approximate surface area is 144 Å². The Balaban J connectivity index is 1.62. The number of carbonyl (C=O) groups excluding carboxylic acids is 1. The van der Waals surface area contributed by atoms with E-state index in [1.807, 2.05) is 30.0 Å². The number of H-pyrrole nitrogens is 2. The molecule has 0 aliphatic carbocycles. The number of carbonyl (C=O) groups is 1. The zero-order chi connectivity index (χ0) is 17.4. The highest BCUT2D eigenvalue weighted by Gasteiger charge is 2.28. The quantitative estimate of drug-likeness (QED) is 0.747. The van der Waals surface area contributed by atoms with Crippen molar-refractivity contribution in [3.63, 3.8) is 0 Å². The summed E-state index contributed by atoms with van der Waals surface area (Å²) >= 11 is 0. The van der Waals surface area contributed by atoms with Crippen molar-refractivity contribution in [1.82, 2.24) is 25.1 Å². The summed E-state index contributed by atoms with van der Waals surface area (Å²) in [4.78, 5) is 34.4. The second-order valence-electron chi connectivity index (χ2n) is 6.47. The van der Waals surface area contributed by atoms with Gasteiger partial charge in [0.15, 0.2) is 0 Å². The lowest BCUT2D eigenvalue weighted by Crippen LogP contribution is -2.40. The molecule has 7 nitrogen and oxygen atoms in total. The van der Waals surface area contributed by atoms with Crippen LogP contribution < -0.4 is 5.56 Å². The molecule has 1 aliphatic heterocycles. The van der Waals surface area contributed by atoms with Gasteiger partial charge in [-0.25, -0.2) is 4.98 Å². The van der Waals surface area contributed by atoms with E-state index in [2.05, 4.69) is 20.2 Å². The van der Waals surface area contributed by atoms with Gasteiger partial charge >= 0.3 is 0 Å². The van der Waals surface area contributed by atoms with Gasteiger partial charge in [0.2, 0.25) is 0 Å². The second-order valence-corrected chi connectivity index (χ2v) is 6.47. The molecule has 128 valence electrons. The van der Waals surface area contributed by atoms with Crippen LogP contribution in [0.2, 0.25) is 0 Å². The molecular formula is C18H19N5O2. The third-order valence-electron chi connectivity index (χ3n) is 4.79. The minimum atomic E-state index is -0.130. The second kappa shape index (κ2) is 6.16. The van der Waals surface area contributed by atoms with E-state index in [0.29, 0.717) is 35.4 Å². The fraction of sp³-hybridized carbons (Fsp3) is 0.333. The molecule has 0 spiro atoms. The van der Waals surface area contributed by atoms with E-state index in [0.717, 1.165) is 18.5 Å². The molecule has 1 unspecified atom stereocenters. The standard InChI is InChI=1S/C18H19N5O2/c1-11-14(9-19-22-11)18(25)23-8-4-5-12(10-23)16-20-15-7-3-2-6-13(15)17(24)21-16/h2-3,6-7,9,12H,4-5,8,10H2,1H3,(H,19,22)(H,20,21,24). The highest BCUT2D eigenvalue weighted by atomic mass is 16.2. The summed E-state index contributed by atoms with van der Waals surface area (Å²) in [5, 5.41) is 7.32. The van der Waals surface area contributed by atoms with Crippen molar-refractivity contribution in [3.8, 4) is 0 Å². The number of para-hydroxylation sites is 1. The predicted octanol–water partition coefficient (Wildman–Crippen LogP) is 1.97. The highest BCUT2D eigenvalue weighted by molar-refractivity contribution is 5.95. The molecule has 3 heterocycles. The normalized spacial score (nSPS) is 17.8. The molecule has 0 radical (unpaired) electrons. The zero-order valence-corrected chi connectivity index (χ0v) is 14.0. The number of nitrogens with one attached hydrogen (secondary N) is 2. The number of aryl methyl sites for hydroxylation is 1. The SMILES string of the molecule is Cc1[nH]ncc1C(=O)N1CCCC(c2nc3ccccc3c(=O)[nH]2)C1. The number of fused-ring (bicyclic) bond motifs is 1. The number of piperidine rings is 1. The van der Waals surface area contributed by atoms with Gasteiger partial charge < -0.3 is 9.88 Å². The van der Waals surface area contributed by atoms with Crippen LogP contribution >= 0.6 is 0 Å². The van der Waals surface area contributed by atoms with E-state index in [1.165, 1.54) is 0 Å². The fourth-order valence-electron chi connectivity index (χ4n) is 3.42. The zero-order valence-electron chi connectivity index (χ0n) is 14.0. The third-order valence-corrected chi connectivity index (χ3v) is 4.79. The number of hydrogen-bond acceptors (Lipinski definition) is 4. The van der Waals surface area contributed by atoms with Gasteiger partial charge in [-0.15, -0.1) is 0 Å². The number of likely N-dealkylation sites (tertiary alicyclic amines) is 1. The summed E-state index contributed by atoms with van der Waals surface area (Å²) in [6.07, 6.45) is 3.34. The molecule has 4 rings (SSSR count). The summed E-state index contributed by atoms with van der Waals surface area (Å²) in [7, 11) is 0. The van der Waals surface area contributed by atoms with E-state index in [-0.39, 0.29) is 17.4 Å². The molecule has 1 aliphatic rings. The van der Waals surface area contributed by atoms with Crippen LogP contribution in [0.15, 0.2) is 35.3 Å². The first-order chi connectivity index (χ1) is 12.1. The summed E-state index contributed by atoms with van der Waals surface area (Å²) in [5.74, 6) is 0.659. The van der Waals surface area contributed by atoms with Crippen molar-refractivity contribution in [2.24, 2.45) is 0 Å². The molecule has 1 atom stereocenters. The minimum absolute atomic E-state index is 0.0286. The van der Waals surface area contributed by atoms with Crippen LogP contribution in [0, 0.1) is 6.92 Å². The predicted molar refractivity (Wildman–Crippen MR) is 93.6 cm³/mol. The average Bonchev–Trinajstić information content (AvgIpc) is 3.07. The number of amides is 1. The molecule has 1 amide bonds. The van der Waals surface area contributed by atoms with Crippen LogP contribution in [-0.2, 0) is 0 Å². The maximum Gasteiger partial charge on any atom is 0.258 e. The number of aromatic amines is 2. The molecule has 2 aromatic heterocycles. The van der Waals surface area contributed by atoms with Gasteiger partial charge in [0.25, 0.3) is 11.5 Å². The maximum atomic E-state index is 12.7. The molecule has 3 aromatic rings. The van der Waals surface area contributed by atoms with Crippen LogP contribution in [0.5, 0.6) is 0 Å². The molecule has 0 bridgehead atoms. The Bertz CT molecular complexity index is 990. The number of hydrogen-bond donors (Lipinski definition) is 2. The van der Waals surface area contributed by atoms with Crippen molar-refractivity contribution in [2.45, 2.75) is 25.7 Å². The van der Waals surface area contributed by atoms with Crippen molar-refractivity contribution >= 4 is 16.8 Å². The van der Waals surface area contributed by atoms with Crippen LogP contribution in [0.3, 0.4) is 0 Å². The minimum Gasteiger partial charge on any atom is -0.338 e. The van der Waals surface area contributed by atoms with Crippen molar-refractivity contribution in [3.05, 3.63) is 57.9 Å². The first-order valence-corrected chi connectivity index (χ1v) is 8.41.